The molecule has 12 nitrogen and oxygen atoms in total. The van der Waals surface area contributed by atoms with Gasteiger partial charge in [0, 0.05) is 15.1 Å². The highest BCUT2D eigenvalue weighted by molar-refractivity contribution is 6.31. The summed E-state index contributed by atoms with van der Waals surface area (Å²) >= 11 is 18.0. The molecular weight excluding hydrogens is 661 g/mol. The van der Waals surface area contributed by atoms with Gasteiger partial charge in [-0.25, -0.2) is 29.3 Å². The van der Waals surface area contributed by atoms with E-state index in [0.29, 0.717) is 15.1 Å². The van der Waals surface area contributed by atoms with Crippen molar-refractivity contribution < 1.29 is 33.3 Å². The molecule has 0 aliphatic carbocycles. The number of halogens is 3. The van der Waals surface area contributed by atoms with Crippen LogP contribution in [0.25, 0.3) is 11.2 Å². The molecule has 0 bridgehead atoms. The van der Waals surface area contributed by atoms with E-state index < -0.39 is 49.1 Å². The Hall–Kier alpha value is -4.75. The molecule has 1 aliphatic heterocycles. The highest BCUT2D eigenvalue weighted by Crippen LogP contribution is 2.37. The fourth-order valence-corrected chi connectivity index (χ4v) is 5.15. The van der Waals surface area contributed by atoms with E-state index >= 15 is 0 Å². The molecular formula is C31H22Cl3N5O7. The molecule has 0 radical (unpaired) electrons. The number of anilines is 1. The van der Waals surface area contributed by atoms with Crippen molar-refractivity contribution in [3.63, 3.8) is 0 Å². The van der Waals surface area contributed by atoms with E-state index in [9.17, 15) is 14.4 Å². The summed E-state index contributed by atoms with van der Waals surface area (Å²) < 4.78 is 25.3. The van der Waals surface area contributed by atoms with E-state index in [1.54, 1.807) is 12.1 Å². The number of carbonyl (C=O) groups excluding carboxylic acids is 3. The van der Waals surface area contributed by atoms with Crippen molar-refractivity contribution in [2.45, 2.75) is 24.5 Å². The normalized spacial score (nSPS) is 19.1. The largest absolute Gasteiger partial charge is 0.459 e. The van der Waals surface area contributed by atoms with Crippen LogP contribution in [0.5, 0.6) is 0 Å². The van der Waals surface area contributed by atoms with Gasteiger partial charge in [-0.05, 0) is 72.8 Å². The number of carbonyl (C=O) groups is 3. The van der Waals surface area contributed by atoms with E-state index in [1.807, 2.05) is 0 Å². The molecule has 234 valence electrons. The number of imidazole rings is 1. The van der Waals surface area contributed by atoms with E-state index in [0.717, 1.165) is 0 Å². The van der Waals surface area contributed by atoms with Crippen molar-refractivity contribution in [3.05, 3.63) is 117 Å². The van der Waals surface area contributed by atoms with Crippen molar-refractivity contribution in [2.75, 3.05) is 12.3 Å². The van der Waals surface area contributed by atoms with Crippen LogP contribution in [0.15, 0.2) is 85.5 Å². The molecule has 0 saturated carbocycles. The van der Waals surface area contributed by atoms with Gasteiger partial charge < -0.3 is 24.7 Å². The number of fused-ring (bicyclic) bond motifs is 1. The Balaban J connectivity index is 1.37. The maximum absolute atomic E-state index is 13.4. The Morgan fingerprint density at radius 3 is 1.76 bits per heavy atom. The van der Waals surface area contributed by atoms with Crippen LogP contribution in [-0.2, 0) is 18.9 Å². The number of rotatable bonds is 8. The fourth-order valence-electron chi connectivity index (χ4n) is 4.77. The Morgan fingerprint density at radius 2 is 1.22 bits per heavy atom. The van der Waals surface area contributed by atoms with Gasteiger partial charge in [-0.3, -0.25) is 4.57 Å². The van der Waals surface area contributed by atoms with E-state index in [1.165, 1.54) is 77.9 Å². The van der Waals surface area contributed by atoms with Crippen molar-refractivity contribution in [1.29, 1.82) is 0 Å². The summed E-state index contributed by atoms with van der Waals surface area (Å²) in [7, 11) is 0. The van der Waals surface area contributed by atoms with Gasteiger partial charge in [0.2, 0.25) is 0 Å². The van der Waals surface area contributed by atoms with E-state index in [4.69, 9.17) is 59.5 Å². The van der Waals surface area contributed by atoms with Crippen molar-refractivity contribution in [2.24, 2.45) is 0 Å². The average Bonchev–Trinajstić information content (AvgIpc) is 3.62. The molecule has 46 heavy (non-hydrogen) atoms. The Bertz CT molecular complexity index is 1900. The number of esters is 3. The molecule has 0 spiro atoms. The number of benzene rings is 3. The van der Waals surface area contributed by atoms with E-state index in [2.05, 4.69) is 15.0 Å². The van der Waals surface area contributed by atoms with Crippen LogP contribution in [0, 0.1) is 0 Å². The summed E-state index contributed by atoms with van der Waals surface area (Å²) in [6.45, 7) is -0.394. The number of hydrogen-bond donors (Lipinski definition) is 1. The van der Waals surface area contributed by atoms with Gasteiger partial charge in [-0.1, -0.05) is 34.8 Å². The zero-order valence-corrected chi connectivity index (χ0v) is 25.7. The SMILES string of the molecule is Nc1ncnc2c1ncn2[C@@H]1O[C@H](COC(=O)c2ccc(Cl)cc2)[C@@H](OC(=O)c2ccc(Cl)cc2)[C@H]1OC(=O)c1ccc(Cl)cc1. The smallest absolute Gasteiger partial charge is 0.338 e. The topological polar surface area (TPSA) is 158 Å². The second-order valence-electron chi connectivity index (χ2n) is 10.0. The van der Waals surface area contributed by atoms with Gasteiger partial charge >= 0.3 is 17.9 Å². The van der Waals surface area contributed by atoms with Crippen LogP contribution in [0.1, 0.15) is 37.3 Å². The van der Waals surface area contributed by atoms with Crippen LogP contribution in [0.2, 0.25) is 15.1 Å². The Labute approximate surface area is 275 Å². The number of hydrogen-bond acceptors (Lipinski definition) is 11. The molecule has 2 N–H and O–H groups in total. The first-order valence-corrected chi connectivity index (χ1v) is 14.8. The minimum absolute atomic E-state index is 0.107. The van der Waals surface area contributed by atoms with Crippen LogP contribution in [-0.4, -0.2) is 62.3 Å². The molecule has 0 unspecified atom stereocenters. The second kappa shape index (κ2) is 13.3. The third kappa shape index (κ3) is 6.60. The lowest BCUT2D eigenvalue weighted by atomic mass is 10.1. The molecule has 15 heteroatoms. The number of nitrogens with zero attached hydrogens (tertiary/aromatic N) is 4. The third-order valence-electron chi connectivity index (χ3n) is 7.05. The van der Waals surface area contributed by atoms with Gasteiger partial charge in [-0.15, -0.1) is 0 Å². The van der Waals surface area contributed by atoms with Gasteiger partial charge in [0.15, 0.2) is 29.9 Å². The van der Waals surface area contributed by atoms with Crippen LogP contribution in [0.3, 0.4) is 0 Å². The molecule has 1 saturated heterocycles. The number of nitrogens with two attached hydrogens (primary N) is 1. The molecule has 3 heterocycles. The lowest BCUT2D eigenvalue weighted by Crippen LogP contribution is -2.41. The first-order valence-electron chi connectivity index (χ1n) is 13.6. The van der Waals surface area contributed by atoms with E-state index in [-0.39, 0.29) is 33.7 Å². The predicted octanol–water partition coefficient (Wildman–Crippen LogP) is 5.57. The summed E-state index contributed by atoms with van der Waals surface area (Å²) in [6, 6.07) is 18.1. The monoisotopic (exact) mass is 681 g/mol. The summed E-state index contributed by atoms with van der Waals surface area (Å²) in [5.41, 5.74) is 7.09. The molecule has 2 aromatic heterocycles. The average molecular weight is 683 g/mol. The Kier molecular flexibility index (Phi) is 9.04. The maximum atomic E-state index is 13.4. The van der Waals surface area contributed by atoms with Crippen molar-refractivity contribution >= 4 is 69.7 Å². The molecule has 5 aromatic rings. The van der Waals surface area contributed by atoms with Crippen LogP contribution >= 0.6 is 34.8 Å². The Morgan fingerprint density at radius 1 is 0.717 bits per heavy atom. The molecule has 3 aromatic carbocycles. The molecule has 0 amide bonds. The lowest BCUT2D eigenvalue weighted by Gasteiger charge is -2.25. The highest BCUT2D eigenvalue weighted by atomic mass is 35.5. The molecule has 4 atom stereocenters. The van der Waals surface area contributed by atoms with Crippen molar-refractivity contribution in [1.82, 2.24) is 19.5 Å². The lowest BCUT2D eigenvalue weighted by molar-refractivity contribution is -0.0606. The highest BCUT2D eigenvalue weighted by Gasteiger charge is 2.52. The van der Waals surface area contributed by atoms with Gasteiger partial charge in [0.25, 0.3) is 0 Å². The van der Waals surface area contributed by atoms with Gasteiger partial charge in [0.05, 0.1) is 23.0 Å². The molecule has 6 rings (SSSR count). The van der Waals surface area contributed by atoms with Crippen LogP contribution in [0.4, 0.5) is 5.82 Å². The second-order valence-corrected chi connectivity index (χ2v) is 11.3. The van der Waals surface area contributed by atoms with Gasteiger partial charge in [0.1, 0.15) is 24.6 Å². The first-order chi connectivity index (χ1) is 22.2. The number of nitrogen functional groups attached to an aromatic ring is 1. The summed E-state index contributed by atoms with van der Waals surface area (Å²) in [4.78, 5) is 52.2. The number of aromatic nitrogens is 4. The standard InChI is InChI=1S/C31H22Cl3N5O7/c32-19-7-1-16(2-8-19)29(40)43-13-22-24(45-30(41)17-3-9-20(33)10-4-17)25(46-31(42)18-5-11-21(34)12-6-18)28(44-22)39-15-38-23-26(35)36-14-37-27(23)39/h1-12,14-15,22,24-25,28H,13H2,(H2,35,36,37)/t22-,24-,25-,28-/m1/s1. The van der Waals surface area contributed by atoms with Crippen molar-refractivity contribution in [3.8, 4) is 0 Å². The zero-order chi connectivity index (χ0) is 32.4. The fraction of sp³-hybridized carbons (Fsp3) is 0.161. The minimum atomic E-state index is -1.30. The quantitative estimate of drug-likeness (QED) is 0.161. The summed E-state index contributed by atoms with van der Waals surface area (Å²) in [5, 5.41) is 1.27. The summed E-state index contributed by atoms with van der Waals surface area (Å²) in [5.74, 6) is -2.11. The molecule has 1 fully saturated rings. The zero-order valence-electron chi connectivity index (χ0n) is 23.5. The predicted molar refractivity (Wildman–Crippen MR) is 167 cm³/mol. The summed E-state index contributed by atoms with van der Waals surface area (Å²) in [6.07, 6.45) is -2.27. The van der Waals surface area contributed by atoms with Gasteiger partial charge in [-0.2, -0.15) is 0 Å². The maximum Gasteiger partial charge on any atom is 0.338 e. The number of ether oxygens (including phenoxy) is 4. The first kappa shape index (κ1) is 31.2. The third-order valence-corrected chi connectivity index (χ3v) is 7.81. The molecule has 1 aliphatic rings. The minimum Gasteiger partial charge on any atom is -0.459 e. The van der Waals surface area contributed by atoms with Crippen LogP contribution < -0.4 is 5.73 Å².